The zero-order chi connectivity index (χ0) is 13.2. The van der Waals surface area contributed by atoms with Crippen LogP contribution < -0.4 is 0 Å². The lowest BCUT2D eigenvalue weighted by molar-refractivity contribution is -0.122. The van der Waals surface area contributed by atoms with Gasteiger partial charge < -0.3 is 4.90 Å². The second-order valence-corrected chi connectivity index (χ2v) is 6.82. The van der Waals surface area contributed by atoms with E-state index in [0.717, 1.165) is 26.1 Å². The van der Waals surface area contributed by atoms with Crippen LogP contribution in [0, 0.1) is 5.92 Å². The van der Waals surface area contributed by atoms with Crippen LogP contribution in [0.15, 0.2) is 29.2 Å². The Bertz CT molecular complexity index is 474. The van der Waals surface area contributed by atoms with Gasteiger partial charge in [0.15, 0.2) is 0 Å². The Balaban J connectivity index is 1.65. The summed E-state index contributed by atoms with van der Waals surface area (Å²) in [6.45, 7) is 4.99. The van der Waals surface area contributed by atoms with Crippen molar-refractivity contribution in [1.29, 1.82) is 0 Å². The van der Waals surface area contributed by atoms with Crippen LogP contribution in [0.2, 0.25) is 0 Å². The molecule has 1 saturated heterocycles. The van der Waals surface area contributed by atoms with Gasteiger partial charge in [-0.2, -0.15) is 0 Å². The van der Waals surface area contributed by atoms with Crippen LogP contribution in [-0.4, -0.2) is 36.1 Å². The number of hydrogen-bond donors (Lipinski definition) is 0. The summed E-state index contributed by atoms with van der Waals surface area (Å²) >= 11 is 1.98. The van der Waals surface area contributed by atoms with Crippen LogP contribution in [0.4, 0.5) is 0 Å². The Kier molecular flexibility index (Phi) is 3.94. The molecule has 0 amide bonds. The van der Waals surface area contributed by atoms with Crippen molar-refractivity contribution in [2.45, 2.75) is 30.6 Å². The van der Waals surface area contributed by atoms with Gasteiger partial charge in [-0.1, -0.05) is 18.2 Å². The molecule has 2 heterocycles. The number of nitrogens with zero attached hydrogens (tertiary/aromatic N) is 1. The van der Waals surface area contributed by atoms with E-state index in [2.05, 4.69) is 29.2 Å². The van der Waals surface area contributed by atoms with Gasteiger partial charge in [-0.25, -0.2) is 0 Å². The number of Topliss-reactive ketones (excluding diaryl/α,β-unsaturated/α-hetero) is 1. The van der Waals surface area contributed by atoms with Crippen molar-refractivity contribution in [2.24, 2.45) is 5.92 Å². The maximum Gasteiger partial charge on any atom is 0.134 e. The molecule has 2 atom stereocenters. The van der Waals surface area contributed by atoms with Gasteiger partial charge in [-0.3, -0.25) is 4.79 Å². The SMILES string of the molecule is CC(=O)C1CCCN(CC2CSc3ccccc32)C1. The average Bonchev–Trinajstić information content (AvgIpc) is 2.83. The summed E-state index contributed by atoms with van der Waals surface area (Å²) in [4.78, 5) is 15.5. The predicted octanol–water partition coefficient (Wildman–Crippen LogP) is 3.18. The number of fused-ring (bicyclic) bond motifs is 1. The third kappa shape index (κ3) is 2.87. The monoisotopic (exact) mass is 275 g/mol. The number of benzene rings is 1. The molecule has 2 aliphatic heterocycles. The lowest BCUT2D eigenvalue weighted by atomic mass is 9.93. The largest absolute Gasteiger partial charge is 0.302 e. The van der Waals surface area contributed by atoms with E-state index in [0.29, 0.717) is 11.7 Å². The van der Waals surface area contributed by atoms with E-state index < -0.39 is 0 Å². The van der Waals surface area contributed by atoms with Gasteiger partial charge in [0, 0.05) is 35.6 Å². The summed E-state index contributed by atoms with van der Waals surface area (Å²) in [5, 5.41) is 0. The van der Waals surface area contributed by atoms with Gasteiger partial charge in [-0.15, -0.1) is 11.8 Å². The van der Waals surface area contributed by atoms with Gasteiger partial charge in [0.05, 0.1) is 0 Å². The van der Waals surface area contributed by atoms with Crippen molar-refractivity contribution in [2.75, 3.05) is 25.4 Å². The van der Waals surface area contributed by atoms with E-state index in [9.17, 15) is 4.79 Å². The van der Waals surface area contributed by atoms with Crippen LogP contribution in [0.1, 0.15) is 31.2 Å². The molecule has 3 rings (SSSR count). The first-order chi connectivity index (χ1) is 9.24. The average molecular weight is 275 g/mol. The first-order valence-electron chi connectivity index (χ1n) is 7.18. The molecule has 102 valence electrons. The number of ketones is 1. The zero-order valence-corrected chi connectivity index (χ0v) is 12.3. The Morgan fingerprint density at radius 1 is 1.42 bits per heavy atom. The Morgan fingerprint density at radius 2 is 2.26 bits per heavy atom. The van der Waals surface area contributed by atoms with Gasteiger partial charge >= 0.3 is 0 Å². The molecular weight excluding hydrogens is 254 g/mol. The maximum absolute atomic E-state index is 11.5. The fourth-order valence-corrected chi connectivity index (χ4v) is 4.49. The molecule has 0 aliphatic carbocycles. The number of carbonyl (C=O) groups excluding carboxylic acids is 1. The third-order valence-corrected chi connectivity index (χ3v) is 5.61. The molecule has 3 heteroatoms. The summed E-state index contributed by atoms with van der Waals surface area (Å²) in [6, 6.07) is 8.77. The number of likely N-dealkylation sites (tertiary alicyclic amines) is 1. The summed E-state index contributed by atoms with van der Waals surface area (Å²) in [6.07, 6.45) is 2.26. The van der Waals surface area contributed by atoms with Crippen LogP contribution in [0.25, 0.3) is 0 Å². The fourth-order valence-electron chi connectivity index (χ4n) is 3.25. The van der Waals surface area contributed by atoms with Gasteiger partial charge in [-0.05, 0) is 37.9 Å². The van der Waals surface area contributed by atoms with Crippen molar-refractivity contribution in [3.8, 4) is 0 Å². The van der Waals surface area contributed by atoms with Crippen LogP contribution >= 0.6 is 11.8 Å². The highest BCUT2D eigenvalue weighted by molar-refractivity contribution is 7.99. The third-order valence-electron chi connectivity index (χ3n) is 4.36. The van der Waals surface area contributed by atoms with Gasteiger partial charge in [0.2, 0.25) is 0 Å². The molecule has 2 unspecified atom stereocenters. The van der Waals surface area contributed by atoms with E-state index in [1.165, 1.54) is 22.6 Å². The number of carbonyl (C=O) groups is 1. The quantitative estimate of drug-likeness (QED) is 0.845. The predicted molar refractivity (Wildman–Crippen MR) is 79.8 cm³/mol. The van der Waals surface area contributed by atoms with Crippen molar-refractivity contribution in [1.82, 2.24) is 4.90 Å². The summed E-state index contributed by atoms with van der Waals surface area (Å²) in [7, 11) is 0. The summed E-state index contributed by atoms with van der Waals surface area (Å²) < 4.78 is 0. The topological polar surface area (TPSA) is 20.3 Å². The van der Waals surface area contributed by atoms with Crippen molar-refractivity contribution >= 4 is 17.5 Å². The van der Waals surface area contributed by atoms with Crippen molar-refractivity contribution < 1.29 is 4.79 Å². The fraction of sp³-hybridized carbons (Fsp3) is 0.562. The number of hydrogen-bond acceptors (Lipinski definition) is 3. The minimum atomic E-state index is 0.276. The zero-order valence-electron chi connectivity index (χ0n) is 11.5. The van der Waals surface area contributed by atoms with Crippen LogP contribution in [-0.2, 0) is 4.79 Å². The highest BCUT2D eigenvalue weighted by atomic mass is 32.2. The Labute approximate surface area is 119 Å². The smallest absolute Gasteiger partial charge is 0.134 e. The number of rotatable bonds is 3. The van der Waals surface area contributed by atoms with Gasteiger partial charge in [0.1, 0.15) is 5.78 Å². The second-order valence-electron chi connectivity index (χ2n) is 5.76. The molecule has 0 saturated carbocycles. The van der Waals surface area contributed by atoms with E-state index in [1.54, 1.807) is 6.92 Å². The van der Waals surface area contributed by atoms with Crippen molar-refractivity contribution in [3.05, 3.63) is 29.8 Å². The molecule has 1 aromatic carbocycles. The lowest BCUT2D eigenvalue weighted by Crippen LogP contribution is -2.40. The minimum absolute atomic E-state index is 0.276. The molecule has 0 bridgehead atoms. The molecule has 1 aromatic rings. The highest BCUT2D eigenvalue weighted by Crippen LogP contribution is 2.39. The molecule has 1 fully saturated rings. The maximum atomic E-state index is 11.5. The molecular formula is C16H21NOS. The first-order valence-corrected chi connectivity index (χ1v) is 8.17. The van der Waals surface area contributed by atoms with E-state index in [-0.39, 0.29) is 5.92 Å². The summed E-state index contributed by atoms with van der Waals surface area (Å²) in [5.74, 6) is 2.48. The first kappa shape index (κ1) is 13.2. The summed E-state index contributed by atoms with van der Waals surface area (Å²) in [5.41, 5.74) is 1.51. The number of thioether (sulfide) groups is 1. The minimum Gasteiger partial charge on any atom is -0.302 e. The normalized spacial score (nSPS) is 27.2. The van der Waals surface area contributed by atoms with Crippen LogP contribution in [0.3, 0.4) is 0 Å². The van der Waals surface area contributed by atoms with Crippen LogP contribution in [0.5, 0.6) is 0 Å². The standard InChI is InChI=1S/C16H21NOS/c1-12(18)13-5-4-8-17(9-13)10-14-11-19-16-7-3-2-6-15(14)16/h2-3,6-7,13-14H,4-5,8-11H2,1H3. The Morgan fingerprint density at radius 3 is 3.11 bits per heavy atom. The highest BCUT2D eigenvalue weighted by Gasteiger charge is 2.28. The van der Waals surface area contributed by atoms with Crippen molar-refractivity contribution in [3.63, 3.8) is 0 Å². The molecule has 0 N–H and O–H groups in total. The molecule has 2 nitrogen and oxygen atoms in total. The Hall–Kier alpha value is -0.800. The molecule has 0 aromatic heterocycles. The lowest BCUT2D eigenvalue weighted by Gasteiger charge is -2.33. The molecule has 2 aliphatic rings. The molecule has 19 heavy (non-hydrogen) atoms. The second kappa shape index (κ2) is 5.68. The number of piperidine rings is 1. The van der Waals surface area contributed by atoms with Gasteiger partial charge in [0.25, 0.3) is 0 Å². The van der Waals surface area contributed by atoms with E-state index in [4.69, 9.17) is 0 Å². The molecule has 0 radical (unpaired) electrons. The molecule has 0 spiro atoms. The van der Waals surface area contributed by atoms with E-state index >= 15 is 0 Å². The van der Waals surface area contributed by atoms with E-state index in [1.807, 2.05) is 11.8 Å².